The van der Waals surface area contributed by atoms with E-state index in [0.29, 0.717) is 24.1 Å². The van der Waals surface area contributed by atoms with Gasteiger partial charge >= 0.3 is 0 Å². The van der Waals surface area contributed by atoms with E-state index in [1.54, 1.807) is 12.1 Å². The Balaban J connectivity index is 0.00000261. The number of rotatable bonds is 6. The molecule has 0 radical (unpaired) electrons. The summed E-state index contributed by atoms with van der Waals surface area (Å²) < 4.78 is 5.74. The van der Waals surface area contributed by atoms with E-state index in [1.807, 2.05) is 42.2 Å². The molecule has 2 aromatic carbocycles. The third-order valence-corrected chi connectivity index (χ3v) is 4.29. The van der Waals surface area contributed by atoms with Crippen molar-refractivity contribution in [2.75, 3.05) is 13.2 Å². The highest BCUT2D eigenvalue weighted by Gasteiger charge is 2.25. The van der Waals surface area contributed by atoms with Gasteiger partial charge in [0.2, 0.25) is 11.9 Å². The lowest BCUT2D eigenvalue weighted by Crippen LogP contribution is -2.44. The molecule has 3 rings (SSSR count). The highest BCUT2D eigenvalue weighted by molar-refractivity contribution is 6.30. The molecule has 8 heteroatoms. The predicted octanol–water partition coefficient (Wildman–Crippen LogP) is 3.48. The molecule has 0 bridgehead atoms. The average molecular weight is 408 g/mol. The number of nitrogens with zero attached hydrogens (tertiary/aromatic N) is 3. The van der Waals surface area contributed by atoms with E-state index in [2.05, 4.69) is 16.1 Å². The predicted molar refractivity (Wildman–Crippen MR) is 113 cm³/mol. The molecule has 1 unspecified atom stereocenters. The highest BCUT2D eigenvalue weighted by Crippen LogP contribution is 2.25. The van der Waals surface area contributed by atoms with Crippen molar-refractivity contribution in [1.82, 2.24) is 4.90 Å². The fraction of sp³-hybridized carbons (Fsp3) is 0.263. The van der Waals surface area contributed by atoms with E-state index >= 15 is 0 Å². The van der Waals surface area contributed by atoms with Crippen LogP contribution in [0.15, 0.2) is 58.5 Å². The Morgan fingerprint density at radius 1 is 1.15 bits per heavy atom. The Hall–Kier alpha value is -2.44. The molecule has 0 saturated carbocycles. The minimum atomic E-state index is -0.275. The molecular weight excluding hydrogens is 385 g/mol. The van der Waals surface area contributed by atoms with Gasteiger partial charge in [0.05, 0.1) is 6.61 Å². The van der Waals surface area contributed by atoms with Crippen LogP contribution in [0, 0.1) is 6.92 Å². The first kappa shape index (κ1) is 20.9. The van der Waals surface area contributed by atoms with E-state index in [4.69, 9.17) is 27.8 Å². The van der Waals surface area contributed by atoms with Crippen molar-refractivity contribution in [2.45, 2.75) is 19.5 Å². The van der Waals surface area contributed by atoms with Crippen molar-refractivity contribution in [3.8, 4) is 5.75 Å². The van der Waals surface area contributed by atoms with Crippen molar-refractivity contribution in [1.29, 1.82) is 0 Å². The third-order valence-electron chi connectivity index (χ3n) is 4.04. The maximum atomic E-state index is 6.10. The average Bonchev–Trinajstić information content (AvgIpc) is 2.61. The molecule has 0 amide bonds. The van der Waals surface area contributed by atoms with Crippen LogP contribution in [0.5, 0.6) is 5.75 Å². The molecule has 6 nitrogen and oxygen atoms in total. The normalized spacial score (nSPS) is 16.2. The van der Waals surface area contributed by atoms with Crippen molar-refractivity contribution < 1.29 is 4.74 Å². The number of guanidine groups is 2. The largest absolute Gasteiger partial charge is 0.494 e. The fourth-order valence-electron chi connectivity index (χ4n) is 2.81. The summed E-state index contributed by atoms with van der Waals surface area (Å²) >= 11 is 5.88. The Bertz CT molecular complexity index is 823. The number of hydrogen-bond acceptors (Lipinski definition) is 6. The number of aryl methyl sites for hydroxylation is 1. The van der Waals surface area contributed by atoms with Gasteiger partial charge in [-0.3, -0.25) is 0 Å². The van der Waals surface area contributed by atoms with Gasteiger partial charge in [0.15, 0.2) is 6.17 Å². The zero-order chi connectivity index (χ0) is 18.5. The van der Waals surface area contributed by atoms with Crippen molar-refractivity contribution in [3.63, 3.8) is 0 Å². The van der Waals surface area contributed by atoms with Gasteiger partial charge in [-0.05, 0) is 43.2 Å². The SMILES string of the molecule is Cc1cccc(C2N=C(N)N=C(N)N2CCCOc2ccc(Cl)cc2)c1.Cl. The van der Waals surface area contributed by atoms with Gasteiger partial charge in [-0.2, -0.15) is 4.99 Å². The lowest BCUT2D eigenvalue weighted by molar-refractivity contribution is 0.258. The van der Waals surface area contributed by atoms with Crippen LogP contribution in [0.3, 0.4) is 0 Å². The lowest BCUT2D eigenvalue weighted by atomic mass is 10.1. The maximum absolute atomic E-state index is 6.10. The number of benzene rings is 2. The molecule has 0 aromatic heterocycles. The Labute approximate surface area is 170 Å². The Morgan fingerprint density at radius 2 is 1.89 bits per heavy atom. The van der Waals surface area contributed by atoms with E-state index in [0.717, 1.165) is 23.3 Å². The van der Waals surface area contributed by atoms with Gasteiger partial charge < -0.3 is 21.1 Å². The molecule has 1 aliphatic heterocycles. The van der Waals surface area contributed by atoms with E-state index in [9.17, 15) is 0 Å². The summed E-state index contributed by atoms with van der Waals surface area (Å²) in [5.74, 6) is 1.35. The molecule has 0 spiro atoms. The van der Waals surface area contributed by atoms with Crippen LogP contribution >= 0.6 is 24.0 Å². The standard InChI is InChI=1S/C19H22ClN5O.ClH/c1-13-4-2-5-14(12-13)17-23-18(21)24-19(22)25(17)10-3-11-26-16-8-6-15(20)7-9-16;/h2,4-9,12,17H,3,10-11H2,1H3,(H4,21,22,23,24);1H. The quantitative estimate of drug-likeness (QED) is 0.717. The first-order chi connectivity index (χ1) is 12.5. The molecule has 144 valence electrons. The van der Waals surface area contributed by atoms with E-state index < -0.39 is 0 Å². The van der Waals surface area contributed by atoms with Crippen LogP contribution < -0.4 is 16.2 Å². The molecular formula is C19H23Cl2N5O. The molecule has 0 saturated heterocycles. The highest BCUT2D eigenvalue weighted by atomic mass is 35.5. The smallest absolute Gasteiger partial charge is 0.220 e. The second-order valence-corrected chi connectivity index (χ2v) is 6.53. The number of hydrogen-bond donors (Lipinski definition) is 2. The van der Waals surface area contributed by atoms with Crippen LogP contribution in [-0.2, 0) is 0 Å². The number of halogens is 2. The van der Waals surface area contributed by atoms with Gasteiger partial charge in [0, 0.05) is 11.6 Å². The van der Waals surface area contributed by atoms with Crippen molar-refractivity contribution >= 4 is 35.9 Å². The van der Waals surface area contributed by atoms with Crippen molar-refractivity contribution in [3.05, 3.63) is 64.7 Å². The monoisotopic (exact) mass is 407 g/mol. The second-order valence-electron chi connectivity index (χ2n) is 6.09. The van der Waals surface area contributed by atoms with Gasteiger partial charge in [-0.1, -0.05) is 41.4 Å². The van der Waals surface area contributed by atoms with E-state index in [-0.39, 0.29) is 24.5 Å². The van der Waals surface area contributed by atoms with Gasteiger partial charge in [-0.25, -0.2) is 4.99 Å². The van der Waals surface area contributed by atoms with Crippen molar-refractivity contribution in [2.24, 2.45) is 21.5 Å². The second kappa shape index (κ2) is 9.48. The summed E-state index contributed by atoms with van der Waals surface area (Å²) in [5, 5.41) is 0.686. The van der Waals surface area contributed by atoms with Crippen LogP contribution in [0.1, 0.15) is 23.7 Å². The lowest BCUT2D eigenvalue weighted by Gasteiger charge is -2.32. The molecule has 27 heavy (non-hydrogen) atoms. The number of aliphatic imine (C=N–C) groups is 2. The summed E-state index contributed by atoms with van der Waals surface area (Å²) in [6.45, 7) is 3.24. The van der Waals surface area contributed by atoms with Gasteiger partial charge in [-0.15, -0.1) is 12.4 Å². The first-order valence-electron chi connectivity index (χ1n) is 8.42. The Kier molecular flexibility index (Phi) is 7.33. The van der Waals surface area contributed by atoms with Gasteiger partial charge in [0.1, 0.15) is 5.75 Å². The molecule has 0 fully saturated rings. The summed E-state index contributed by atoms with van der Waals surface area (Å²) in [7, 11) is 0. The molecule has 1 aliphatic rings. The van der Waals surface area contributed by atoms with E-state index in [1.165, 1.54) is 0 Å². The molecule has 1 atom stereocenters. The zero-order valence-electron chi connectivity index (χ0n) is 15.0. The maximum Gasteiger partial charge on any atom is 0.220 e. The summed E-state index contributed by atoms with van der Waals surface area (Å²) in [6.07, 6.45) is 0.485. The van der Waals surface area contributed by atoms with Crippen LogP contribution in [0.25, 0.3) is 0 Å². The zero-order valence-corrected chi connectivity index (χ0v) is 16.6. The minimum Gasteiger partial charge on any atom is -0.494 e. The number of ether oxygens (including phenoxy) is 1. The minimum absolute atomic E-state index is 0. The topological polar surface area (TPSA) is 89.2 Å². The third kappa shape index (κ3) is 5.52. The first-order valence-corrected chi connectivity index (χ1v) is 8.80. The van der Waals surface area contributed by atoms with Crippen LogP contribution in [0.2, 0.25) is 5.02 Å². The molecule has 1 heterocycles. The Morgan fingerprint density at radius 3 is 2.59 bits per heavy atom. The number of nitrogens with two attached hydrogens (primary N) is 2. The van der Waals surface area contributed by atoms with Crippen LogP contribution in [0.4, 0.5) is 0 Å². The fourth-order valence-corrected chi connectivity index (χ4v) is 2.93. The summed E-state index contributed by atoms with van der Waals surface area (Å²) in [6, 6.07) is 15.4. The molecule has 2 aromatic rings. The summed E-state index contributed by atoms with van der Waals surface area (Å²) in [4.78, 5) is 10.5. The van der Waals surface area contributed by atoms with Crippen LogP contribution in [-0.4, -0.2) is 30.0 Å². The molecule has 0 aliphatic carbocycles. The summed E-state index contributed by atoms with van der Waals surface area (Å²) in [5.41, 5.74) is 14.1. The van der Waals surface area contributed by atoms with Gasteiger partial charge in [0.25, 0.3) is 0 Å². The molecule has 4 N–H and O–H groups in total.